The molecule has 10 heteroatoms. The monoisotopic (exact) mass is 268 g/mol. The summed E-state index contributed by atoms with van der Waals surface area (Å²) in [6, 6.07) is 0. The molecule has 0 aromatic carbocycles. The quantitative estimate of drug-likeness (QED) is 0.535. The zero-order chi connectivity index (χ0) is 9.97. The molecular weight excluding hydrogens is 259 g/mol. The van der Waals surface area contributed by atoms with Gasteiger partial charge < -0.3 is 36.3 Å². The van der Waals surface area contributed by atoms with Crippen molar-refractivity contribution in [2.75, 3.05) is 11.5 Å². The van der Waals surface area contributed by atoms with E-state index in [2.05, 4.69) is 19.6 Å². The normalized spacial score (nSPS) is 9.25. The predicted octanol–water partition coefficient (Wildman–Crippen LogP) is -7.89. The molecule has 2 heterocycles. The molecule has 0 aliphatic heterocycles. The Labute approximate surface area is 103 Å². The number of hydrogen-bond acceptors (Lipinski definition) is 6. The number of rotatable bonds is 3. The maximum atomic E-state index is 5.34. The van der Waals surface area contributed by atoms with Crippen molar-refractivity contribution < 1.29 is 43.2 Å². The van der Waals surface area contributed by atoms with E-state index < -0.39 is 0 Å². The van der Waals surface area contributed by atoms with E-state index in [1.165, 1.54) is 0 Å². The molecule has 0 unspecified atom stereocenters. The van der Waals surface area contributed by atoms with Crippen LogP contribution in [-0.4, -0.2) is 10.5 Å². The zero-order valence-electron chi connectivity index (χ0n) is 8.08. The minimum atomic E-state index is 0. The smallest absolute Gasteiger partial charge is 0.293 e. The van der Waals surface area contributed by atoms with E-state index in [1.807, 2.05) is 0 Å². The summed E-state index contributed by atoms with van der Waals surface area (Å²) in [7, 11) is 0. The lowest BCUT2D eigenvalue weighted by Gasteiger charge is -1.79. The molecule has 0 fully saturated rings. The highest BCUT2D eigenvalue weighted by Gasteiger charge is 2.15. The van der Waals surface area contributed by atoms with Gasteiger partial charge in [-0.25, -0.2) is 0 Å². The van der Waals surface area contributed by atoms with Crippen LogP contribution in [0.4, 0.5) is 11.8 Å². The van der Waals surface area contributed by atoms with Gasteiger partial charge in [0, 0.05) is 0 Å². The summed E-state index contributed by atoms with van der Waals surface area (Å²) < 4.78 is 12.5. The Morgan fingerprint density at radius 3 is 1.56 bits per heavy atom. The minimum Gasteiger partial charge on any atom is -1.00 e. The third-order valence-electron chi connectivity index (χ3n) is 1.61. The third-order valence-corrected chi connectivity index (χ3v) is 1.61. The molecule has 0 radical (unpaired) electrons. The SMILES string of the molecule is Nc1c[n+](CC[n+]2cc(N)on2)no1.[Cl-].[Cl-]. The Hall–Kier alpha value is -1.54. The summed E-state index contributed by atoms with van der Waals surface area (Å²) >= 11 is 0. The van der Waals surface area contributed by atoms with E-state index in [0.717, 1.165) is 0 Å². The summed E-state index contributed by atoms with van der Waals surface area (Å²) in [5.41, 5.74) is 10.7. The Morgan fingerprint density at radius 2 is 1.31 bits per heavy atom. The number of hydrogen-bond donors (Lipinski definition) is 2. The molecular formula is C6H10Cl2N6O2. The van der Waals surface area contributed by atoms with Gasteiger partial charge in [0.1, 0.15) is 0 Å². The number of aryl methyl sites for hydroxylation is 2. The first-order valence-electron chi connectivity index (χ1n) is 3.98. The molecule has 0 bridgehead atoms. The Kier molecular flexibility index (Phi) is 5.54. The van der Waals surface area contributed by atoms with Gasteiger partial charge in [-0.15, -0.1) is 0 Å². The number of aromatic nitrogens is 4. The van der Waals surface area contributed by atoms with Gasteiger partial charge in [0.15, 0.2) is 0 Å². The summed E-state index contributed by atoms with van der Waals surface area (Å²) in [4.78, 5) is 0. The van der Waals surface area contributed by atoms with Gasteiger partial charge >= 0.3 is 0 Å². The summed E-state index contributed by atoms with van der Waals surface area (Å²) in [6.07, 6.45) is 3.17. The van der Waals surface area contributed by atoms with Crippen molar-refractivity contribution in [3.05, 3.63) is 12.4 Å². The Balaban J connectivity index is 0.00000112. The molecule has 0 amide bonds. The van der Waals surface area contributed by atoms with Gasteiger partial charge in [-0.2, -0.15) is 0 Å². The second-order valence-corrected chi connectivity index (χ2v) is 2.73. The lowest BCUT2D eigenvalue weighted by atomic mass is 10.6. The van der Waals surface area contributed by atoms with Crippen molar-refractivity contribution in [3.8, 4) is 0 Å². The first kappa shape index (κ1) is 14.5. The lowest BCUT2D eigenvalue weighted by molar-refractivity contribution is -0.837. The lowest BCUT2D eigenvalue weighted by Crippen LogP contribution is -3.00. The van der Waals surface area contributed by atoms with Crippen LogP contribution in [0, 0.1) is 0 Å². The van der Waals surface area contributed by atoms with E-state index in [9.17, 15) is 0 Å². The van der Waals surface area contributed by atoms with Gasteiger partial charge in [0.2, 0.25) is 23.6 Å². The van der Waals surface area contributed by atoms with E-state index in [0.29, 0.717) is 13.1 Å². The molecule has 8 nitrogen and oxygen atoms in total. The van der Waals surface area contributed by atoms with Crippen molar-refractivity contribution in [2.45, 2.75) is 13.1 Å². The van der Waals surface area contributed by atoms with Crippen molar-refractivity contribution in [3.63, 3.8) is 0 Å². The molecule has 90 valence electrons. The standard InChI is InChI=1S/C6H10N6O2.2ClH/c7-5-3-11(9-13-5)1-2-12-4-6(8)14-10-12;;/h3-4H,1-2,7-8H2;2*1H/q+2;;/p-2. The molecule has 0 aliphatic carbocycles. The Bertz CT molecular complexity index is 390. The van der Waals surface area contributed by atoms with Crippen molar-refractivity contribution in [1.29, 1.82) is 0 Å². The van der Waals surface area contributed by atoms with Crippen LogP contribution in [0.3, 0.4) is 0 Å². The molecule has 2 rings (SSSR count). The van der Waals surface area contributed by atoms with Gasteiger partial charge in [0.05, 0.1) is 0 Å². The molecule has 0 spiro atoms. The molecule has 0 atom stereocenters. The fourth-order valence-corrected chi connectivity index (χ4v) is 1.00. The average Bonchev–Trinajstić information content (AvgIpc) is 2.72. The molecule has 0 saturated heterocycles. The predicted molar refractivity (Wildman–Crippen MR) is 42.2 cm³/mol. The van der Waals surface area contributed by atoms with Gasteiger partial charge in [-0.1, -0.05) is 0 Å². The summed E-state index contributed by atoms with van der Waals surface area (Å²) in [5.74, 6) is 0.546. The number of nitrogens with zero attached hydrogens (tertiary/aromatic N) is 4. The molecule has 16 heavy (non-hydrogen) atoms. The van der Waals surface area contributed by atoms with Crippen LogP contribution in [0.2, 0.25) is 0 Å². The van der Waals surface area contributed by atoms with E-state index >= 15 is 0 Å². The van der Waals surface area contributed by atoms with E-state index in [1.54, 1.807) is 21.8 Å². The van der Waals surface area contributed by atoms with Gasteiger partial charge in [-0.05, 0) is 9.36 Å². The maximum Gasteiger partial charge on any atom is 0.293 e. The molecule has 0 aliphatic rings. The Morgan fingerprint density at radius 1 is 0.938 bits per heavy atom. The van der Waals surface area contributed by atoms with Crippen LogP contribution in [0.1, 0.15) is 0 Å². The number of nitrogen functional groups attached to an aromatic ring is 2. The summed E-state index contributed by atoms with van der Waals surface area (Å²) in [5, 5.41) is 7.30. The van der Waals surface area contributed by atoms with Crippen LogP contribution in [-0.2, 0) is 13.1 Å². The van der Waals surface area contributed by atoms with Gasteiger partial charge in [0.25, 0.3) is 24.2 Å². The second kappa shape index (κ2) is 6.13. The van der Waals surface area contributed by atoms with Crippen molar-refractivity contribution >= 4 is 11.8 Å². The topological polar surface area (TPSA) is 112 Å². The van der Waals surface area contributed by atoms with Crippen LogP contribution < -0.4 is 45.6 Å². The minimum absolute atomic E-state index is 0. The number of nitrogens with two attached hydrogens (primary N) is 2. The van der Waals surface area contributed by atoms with Crippen LogP contribution in [0.5, 0.6) is 0 Å². The van der Waals surface area contributed by atoms with Gasteiger partial charge in [-0.3, -0.25) is 9.05 Å². The highest BCUT2D eigenvalue weighted by molar-refractivity contribution is 5.11. The van der Waals surface area contributed by atoms with Crippen LogP contribution in [0.25, 0.3) is 0 Å². The van der Waals surface area contributed by atoms with Crippen LogP contribution in [0.15, 0.2) is 21.4 Å². The molecule has 0 saturated carbocycles. The summed E-state index contributed by atoms with van der Waals surface area (Å²) in [6.45, 7) is 1.16. The number of anilines is 2. The van der Waals surface area contributed by atoms with Crippen LogP contribution >= 0.6 is 0 Å². The highest BCUT2D eigenvalue weighted by Crippen LogP contribution is 1.91. The third kappa shape index (κ3) is 3.55. The number of halogens is 2. The zero-order valence-corrected chi connectivity index (χ0v) is 9.60. The fourth-order valence-electron chi connectivity index (χ4n) is 1.00. The average molecular weight is 269 g/mol. The highest BCUT2D eigenvalue weighted by atomic mass is 35.5. The first-order valence-corrected chi connectivity index (χ1v) is 3.98. The van der Waals surface area contributed by atoms with Crippen molar-refractivity contribution in [2.24, 2.45) is 0 Å². The van der Waals surface area contributed by atoms with E-state index in [-0.39, 0.29) is 36.6 Å². The second-order valence-electron chi connectivity index (χ2n) is 2.73. The van der Waals surface area contributed by atoms with Crippen molar-refractivity contribution in [1.82, 2.24) is 10.5 Å². The maximum absolute atomic E-state index is 5.34. The van der Waals surface area contributed by atoms with E-state index in [4.69, 9.17) is 11.5 Å². The molecule has 4 N–H and O–H groups in total. The first-order chi connectivity index (χ1) is 6.74. The fraction of sp³-hybridized carbons (Fsp3) is 0.333. The molecule has 2 aromatic rings. The molecule has 2 aromatic heterocycles. The largest absolute Gasteiger partial charge is 1.00 e.